The van der Waals surface area contributed by atoms with Gasteiger partial charge >= 0.3 is 0 Å². The summed E-state index contributed by atoms with van der Waals surface area (Å²) in [6.07, 6.45) is -3.46. The lowest BCUT2D eigenvalue weighted by Crippen LogP contribution is -2.64. The van der Waals surface area contributed by atoms with E-state index in [9.17, 15) is 0 Å². The molecule has 0 aliphatic carbocycles. The minimum absolute atomic E-state index is 0.0894. The van der Waals surface area contributed by atoms with Crippen LogP contribution < -0.4 is 0 Å². The second-order valence-corrected chi connectivity index (χ2v) is 20.8. The van der Waals surface area contributed by atoms with Gasteiger partial charge in [-0.25, -0.2) is 0 Å². The summed E-state index contributed by atoms with van der Waals surface area (Å²) in [6.45, 7) is 2.47. The van der Waals surface area contributed by atoms with Crippen LogP contribution in [0.4, 0.5) is 0 Å². The van der Waals surface area contributed by atoms with Gasteiger partial charge in [0.05, 0.1) is 59.0 Å². The SMILES string of the molecule is CO[C@H]1O[C@H](CO[C@]2(C3SCCCS3)C[C@@H](OCc3ccccc3)[C@@H](OCc3ccccc3)[C@@H](COCc3ccccc3)O2)[C@@H](OCc2ccccc2)[C@H](OCc2ccccc2)[C@H]1OCc1ccccc1. The Morgan fingerprint density at radius 2 is 0.859 bits per heavy atom. The van der Waals surface area contributed by atoms with Crippen LogP contribution in [0.5, 0.6) is 0 Å². The lowest BCUT2D eigenvalue weighted by molar-refractivity contribution is -0.356. The molecule has 0 amide bonds. The molecular weight excluding hydrogens is 933 g/mol. The molecule has 6 aromatic carbocycles. The zero-order valence-corrected chi connectivity index (χ0v) is 42.0. The Bertz CT molecular complexity index is 2390. The third kappa shape index (κ3) is 14.7. The van der Waals surface area contributed by atoms with Crippen molar-refractivity contribution in [1.29, 1.82) is 0 Å². The zero-order valence-electron chi connectivity index (χ0n) is 40.4. The van der Waals surface area contributed by atoms with Crippen LogP contribution in [0.1, 0.15) is 46.2 Å². The molecule has 6 aromatic rings. The van der Waals surface area contributed by atoms with Gasteiger partial charge in [0.1, 0.15) is 41.2 Å². The van der Waals surface area contributed by atoms with E-state index in [0.29, 0.717) is 46.1 Å². The molecule has 3 aliphatic heterocycles. The first-order valence-corrected chi connectivity index (χ1v) is 26.8. The molecule has 3 aliphatic rings. The number of rotatable bonds is 24. The van der Waals surface area contributed by atoms with E-state index in [2.05, 4.69) is 60.7 Å². The van der Waals surface area contributed by atoms with E-state index in [1.165, 1.54) is 0 Å². The molecule has 9 rings (SSSR count). The molecule has 0 bridgehead atoms. The van der Waals surface area contributed by atoms with Crippen LogP contribution in [-0.4, -0.2) is 91.2 Å². The van der Waals surface area contributed by atoms with Crippen molar-refractivity contribution in [2.75, 3.05) is 31.8 Å². The fourth-order valence-corrected chi connectivity index (χ4v) is 12.4. The van der Waals surface area contributed by atoms with Gasteiger partial charge in [-0.3, -0.25) is 0 Å². The highest BCUT2D eigenvalue weighted by Crippen LogP contribution is 2.48. The lowest BCUT2D eigenvalue weighted by atomic mass is 9.94. The van der Waals surface area contributed by atoms with Gasteiger partial charge in [0.2, 0.25) is 0 Å². The van der Waals surface area contributed by atoms with E-state index in [0.717, 1.165) is 51.3 Å². The number of hydrogen-bond acceptors (Lipinski definition) is 12. The van der Waals surface area contributed by atoms with Crippen molar-refractivity contribution in [2.45, 2.75) is 112 Å². The van der Waals surface area contributed by atoms with Gasteiger partial charge in [-0.15, -0.1) is 23.5 Å². The van der Waals surface area contributed by atoms with Gasteiger partial charge < -0.3 is 47.4 Å². The highest BCUT2D eigenvalue weighted by atomic mass is 32.2. The summed E-state index contributed by atoms with van der Waals surface area (Å²) in [6, 6.07) is 61.1. The Morgan fingerprint density at radius 3 is 1.32 bits per heavy atom. The Balaban J connectivity index is 1.05. The predicted molar refractivity (Wildman–Crippen MR) is 278 cm³/mol. The Hall–Kier alpha value is -4.38. The Morgan fingerprint density at radius 1 is 0.451 bits per heavy atom. The molecule has 3 fully saturated rings. The molecule has 0 N–H and O–H groups in total. The van der Waals surface area contributed by atoms with Gasteiger partial charge in [0.25, 0.3) is 0 Å². The molecule has 3 saturated heterocycles. The molecule has 0 spiro atoms. The molecule has 12 heteroatoms. The van der Waals surface area contributed by atoms with E-state index in [4.69, 9.17) is 47.4 Å². The topological polar surface area (TPSA) is 92.3 Å². The monoisotopic (exact) mass is 998 g/mol. The third-order valence-corrected chi connectivity index (χ3v) is 16.1. The van der Waals surface area contributed by atoms with E-state index in [-0.39, 0.29) is 17.8 Å². The van der Waals surface area contributed by atoms with Crippen molar-refractivity contribution < 1.29 is 47.4 Å². The molecule has 0 aromatic heterocycles. The number of methoxy groups -OCH3 is 1. The van der Waals surface area contributed by atoms with Crippen molar-refractivity contribution in [2.24, 2.45) is 0 Å². The molecule has 10 nitrogen and oxygen atoms in total. The van der Waals surface area contributed by atoms with Gasteiger partial charge in [-0.05, 0) is 51.3 Å². The summed E-state index contributed by atoms with van der Waals surface area (Å²) in [5, 5.41) is 0. The fourth-order valence-electron chi connectivity index (χ4n) is 9.26. The minimum Gasteiger partial charge on any atom is -0.374 e. The largest absolute Gasteiger partial charge is 0.374 e. The summed E-state index contributed by atoms with van der Waals surface area (Å²) < 4.78 is 69.4. The summed E-state index contributed by atoms with van der Waals surface area (Å²) in [4.78, 5) is 0. The van der Waals surface area contributed by atoms with E-state index >= 15 is 0 Å². The first-order chi connectivity index (χ1) is 35.1. The first kappa shape index (κ1) is 51.5. The van der Waals surface area contributed by atoms with E-state index < -0.39 is 54.8 Å². The highest BCUT2D eigenvalue weighted by Gasteiger charge is 2.56. The molecule has 9 atom stereocenters. The van der Waals surface area contributed by atoms with Crippen molar-refractivity contribution in [3.8, 4) is 0 Å². The number of hydrogen-bond donors (Lipinski definition) is 0. The average Bonchev–Trinajstić information content (AvgIpc) is 3.44. The van der Waals surface area contributed by atoms with Crippen molar-refractivity contribution in [3.63, 3.8) is 0 Å². The predicted octanol–water partition coefficient (Wildman–Crippen LogP) is 11.2. The molecule has 0 unspecified atom stereocenters. The quantitative estimate of drug-likeness (QED) is 0.0578. The van der Waals surface area contributed by atoms with Crippen LogP contribution in [0.15, 0.2) is 182 Å². The van der Waals surface area contributed by atoms with Crippen LogP contribution in [0.3, 0.4) is 0 Å². The number of ether oxygens (including phenoxy) is 10. The molecule has 0 saturated carbocycles. The fraction of sp³-hybridized carbons (Fsp3) is 0.390. The summed E-state index contributed by atoms with van der Waals surface area (Å²) in [7, 11) is 1.65. The first-order valence-electron chi connectivity index (χ1n) is 24.7. The molecule has 0 radical (unpaired) electrons. The van der Waals surface area contributed by atoms with Gasteiger partial charge in [0, 0.05) is 13.5 Å². The van der Waals surface area contributed by atoms with Crippen LogP contribution >= 0.6 is 23.5 Å². The van der Waals surface area contributed by atoms with Crippen molar-refractivity contribution in [3.05, 3.63) is 215 Å². The second-order valence-electron chi connectivity index (χ2n) is 18.1. The zero-order chi connectivity index (χ0) is 48.3. The highest BCUT2D eigenvalue weighted by molar-refractivity contribution is 8.17. The van der Waals surface area contributed by atoms with Crippen LogP contribution in [0.2, 0.25) is 0 Å². The van der Waals surface area contributed by atoms with Gasteiger partial charge in [-0.2, -0.15) is 0 Å². The Labute approximate surface area is 427 Å². The standard InChI is InChI=1S/C59H66O10S2/c1-60-57-56(66-41-49-31-18-7-19-32-49)55(65-40-48-29-16-6-17-30-48)54(64-39-47-27-14-5-15-28-47)51(68-57)43-67-59(58-70-33-20-34-71-58)35-50(62-37-45-23-10-3-11-24-45)53(63-38-46-25-12-4-13-26-46)52(69-59)42-61-36-44-21-8-2-9-22-44/h2-19,21-32,50-58H,20,33-43H2,1H3/t50-,51-,52-,53-,54-,55+,56-,57+,59-/m1/s1. The van der Waals surface area contributed by atoms with Crippen LogP contribution in [0, 0.1) is 0 Å². The van der Waals surface area contributed by atoms with Crippen LogP contribution in [0.25, 0.3) is 0 Å². The summed E-state index contributed by atoms with van der Waals surface area (Å²) >= 11 is 3.73. The normalized spacial score (nSPS) is 26.0. The average molecular weight is 999 g/mol. The Kier molecular flexibility index (Phi) is 19.6. The smallest absolute Gasteiger partial charge is 0.192 e. The van der Waals surface area contributed by atoms with E-state index in [1.54, 1.807) is 7.11 Å². The van der Waals surface area contributed by atoms with Crippen LogP contribution in [-0.2, 0) is 87.0 Å². The summed E-state index contributed by atoms with van der Waals surface area (Å²) in [5.74, 6) is 0.770. The molecule has 374 valence electrons. The maximum absolute atomic E-state index is 7.51. The summed E-state index contributed by atoms with van der Waals surface area (Å²) in [5.41, 5.74) is 6.26. The number of benzene rings is 6. The maximum Gasteiger partial charge on any atom is 0.192 e. The minimum atomic E-state index is -1.17. The molecular formula is C59H66O10S2. The second kappa shape index (κ2) is 27.1. The maximum atomic E-state index is 7.51. The lowest BCUT2D eigenvalue weighted by Gasteiger charge is -2.52. The molecule has 3 heterocycles. The van der Waals surface area contributed by atoms with Crippen molar-refractivity contribution >= 4 is 23.5 Å². The third-order valence-electron chi connectivity index (χ3n) is 12.9. The van der Waals surface area contributed by atoms with Gasteiger partial charge in [0.15, 0.2) is 12.1 Å². The number of thioether (sulfide) groups is 2. The molecule has 71 heavy (non-hydrogen) atoms. The van der Waals surface area contributed by atoms with Gasteiger partial charge in [-0.1, -0.05) is 182 Å². The van der Waals surface area contributed by atoms with E-state index in [1.807, 2.05) is 145 Å². The van der Waals surface area contributed by atoms with Crippen molar-refractivity contribution in [1.82, 2.24) is 0 Å².